The van der Waals surface area contributed by atoms with Crippen molar-refractivity contribution in [1.82, 2.24) is 4.57 Å². The third-order valence-electron chi connectivity index (χ3n) is 1.52. The van der Waals surface area contributed by atoms with Crippen LogP contribution in [0.1, 0.15) is 6.92 Å². The molecule has 1 rings (SSSR count). The van der Waals surface area contributed by atoms with Crippen molar-refractivity contribution in [3.05, 3.63) is 41.6 Å². The summed E-state index contributed by atoms with van der Waals surface area (Å²) in [5, 5.41) is 9.07. The van der Waals surface area contributed by atoms with Crippen molar-refractivity contribution in [2.24, 2.45) is 4.99 Å². The summed E-state index contributed by atoms with van der Waals surface area (Å²) in [6, 6.07) is 2.45. The van der Waals surface area contributed by atoms with Gasteiger partial charge in [-0.25, -0.2) is 4.39 Å². The molecule has 0 saturated heterocycles. The SMILES string of the molecule is C/C=C(/O)N=c1ccc(F)cn1C=O. The molecule has 0 aromatic carbocycles. The third-order valence-corrected chi connectivity index (χ3v) is 1.52. The summed E-state index contributed by atoms with van der Waals surface area (Å²) >= 11 is 0. The number of aromatic nitrogens is 1. The normalized spacial score (nSPS) is 13.0. The number of aliphatic hydroxyl groups is 1. The number of halogens is 1. The van der Waals surface area contributed by atoms with Crippen molar-refractivity contribution in [2.75, 3.05) is 0 Å². The fourth-order valence-corrected chi connectivity index (χ4v) is 0.844. The summed E-state index contributed by atoms with van der Waals surface area (Å²) in [5.74, 6) is -0.775. The van der Waals surface area contributed by atoms with E-state index in [4.69, 9.17) is 5.11 Å². The van der Waals surface area contributed by atoms with Gasteiger partial charge in [-0.15, -0.1) is 0 Å². The van der Waals surface area contributed by atoms with Crippen molar-refractivity contribution < 1.29 is 14.3 Å². The minimum absolute atomic E-state index is 0.164. The molecule has 14 heavy (non-hydrogen) atoms. The zero-order chi connectivity index (χ0) is 10.6. The van der Waals surface area contributed by atoms with Crippen LogP contribution in [0.25, 0.3) is 0 Å². The highest BCUT2D eigenvalue weighted by molar-refractivity contribution is 5.51. The molecule has 74 valence electrons. The quantitative estimate of drug-likeness (QED) is 0.566. The lowest BCUT2D eigenvalue weighted by atomic mass is 10.4. The van der Waals surface area contributed by atoms with Gasteiger partial charge < -0.3 is 5.11 Å². The highest BCUT2D eigenvalue weighted by atomic mass is 19.1. The van der Waals surface area contributed by atoms with Crippen molar-refractivity contribution in [3.8, 4) is 0 Å². The number of rotatable bonds is 2. The minimum atomic E-state index is -0.545. The van der Waals surface area contributed by atoms with Crippen LogP contribution >= 0.6 is 0 Å². The molecule has 1 N–H and O–H groups in total. The van der Waals surface area contributed by atoms with Crippen LogP contribution < -0.4 is 5.49 Å². The van der Waals surface area contributed by atoms with Gasteiger partial charge in [-0.05, 0) is 25.1 Å². The molecule has 0 saturated carbocycles. The van der Waals surface area contributed by atoms with E-state index in [1.165, 1.54) is 12.1 Å². The highest BCUT2D eigenvalue weighted by Gasteiger charge is 1.95. The van der Waals surface area contributed by atoms with Crippen LogP contribution in [-0.4, -0.2) is 16.1 Å². The van der Waals surface area contributed by atoms with E-state index in [9.17, 15) is 9.18 Å². The van der Waals surface area contributed by atoms with E-state index in [-0.39, 0.29) is 11.4 Å². The molecule has 0 atom stereocenters. The molecular weight excluding hydrogens is 187 g/mol. The topological polar surface area (TPSA) is 54.6 Å². The molecular formula is C9H9FN2O2. The molecule has 0 radical (unpaired) electrons. The van der Waals surface area contributed by atoms with E-state index in [1.54, 1.807) is 6.92 Å². The molecule has 0 aliphatic carbocycles. The van der Waals surface area contributed by atoms with Crippen LogP contribution in [0.2, 0.25) is 0 Å². The van der Waals surface area contributed by atoms with Gasteiger partial charge in [-0.3, -0.25) is 9.36 Å². The molecule has 0 spiro atoms. The van der Waals surface area contributed by atoms with Gasteiger partial charge in [0.1, 0.15) is 11.3 Å². The lowest BCUT2D eigenvalue weighted by molar-refractivity contribution is 0.400. The van der Waals surface area contributed by atoms with Gasteiger partial charge in [0.2, 0.25) is 12.3 Å². The standard InChI is InChI=1S/C9H9FN2O2/c1-2-9(14)11-8-4-3-7(10)5-12(8)6-13/h2-6,14H,1H3/b9-2+,11-8?. The molecule has 0 aliphatic rings. The number of pyridine rings is 1. The average molecular weight is 196 g/mol. The lowest BCUT2D eigenvalue weighted by Crippen LogP contribution is -2.20. The van der Waals surface area contributed by atoms with Gasteiger partial charge in [0.15, 0.2) is 0 Å². The Morgan fingerprint density at radius 1 is 1.64 bits per heavy atom. The van der Waals surface area contributed by atoms with Crippen LogP contribution in [0.3, 0.4) is 0 Å². The van der Waals surface area contributed by atoms with Crippen LogP contribution in [0.5, 0.6) is 0 Å². The van der Waals surface area contributed by atoms with Crippen molar-refractivity contribution >= 4 is 6.41 Å². The molecule has 0 fully saturated rings. The molecule has 1 aromatic rings. The van der Waals surface area contributed by atoms with E-state index in [1.807, 2.05) is 0 Å². The number of allylic oxidation sites excluding steroid dienone is 1. The first kappa shape index (κ1) is 10.2. The molecule has 5 heteroatoms. The Morgan fingerprint density at radius 3 is 2.93 bits per heavy atom. The first-order valence-electron chi connectivity index (χ1n) is 3.90. The molecule has 0 aliphatic heterocycles. The average Bonchev–Trinajstić information content (AvgIpc) is 2.20. The first-order valence-corrected chi connectivity index (χ1v) is 3.90. The van der Waals surface area contributed by atoms with Crippen molar-refractivity contribution in [1.29, 1.82) is 0 Å². The number of nitrogens with zero attached hydrogens (tertiary/aromatic N) is 2. The van der Waals surface area contributed by atoms with Crippen LogP contribution in [-0.2, 0) is 4.79 Å². The van der Waals surface area contributed by atoms with Crippen molar-refractivity contribution in [3.63, 3.8) is 0 Å². The summed E-state index contributed by atoms with van der Waals surface area (Å²) in [7, 11) is 0. The number of hydrogen-bond acceptors (Lipinski definition) is 3. The maximum absolute atomic E-state index is 12.7. The van der Waals surface area contributed by atoms with Gasteiger partial charge in [0.25, 0.3) is 0 Å². The Labute approximate surface area is 79.6 Å². The van der Waals surface area contributed by atoms with E-state index in [0.29, 0.717) is 6.41 Å². The Morgan fingerprint density at radius 2 is 2.36 bits per heavy atom. The second kappa shape index (κ2) is 4.36. The third kappa shape index (κ3) is 2.29. The van der Waals surface area contributed by atoms with Gasteiger partial charge in [-0.1, -0.05) is 0 Å². The summed E-state index contributed by atoms with van der Waals surface area (Å²) in [5.41, 5.74) is 0.164. The smallest absolute Gasteiger partial charge is 0.219 e. The summed E-state index contributed by atoms with van der Waals surface area (Å²) in [4.78, 5) is 14.2. The predicted octanol–water partition coefficient (Wildman–Crippen LogP) is 0.986. The molecule has 4 nitrogen and oxygen atoms in total. The number of hydrogen-bond donors (Lipinski definition) is 1. The van der Waals surface area contributed by atoms with Gasteiger partial charge in [-0.2, -0.15) is 4.99 Å². The Hall–Kier alpha value is -1.91. The zero-order valence-electron chi connectivity index (χ0n) is 7.51. The predicted molar refractivity (Wildman–Crippen MR) is 48.5 cm³/mol. The first-order chi connectivity index (χ1) is 6.67. The monoisotopic (exact) mass is 196 g/mol. The van der Waals surface area contributed by atoms with E-state index in [0.717, 1.165) is 16.8 Å². The van der Waals surface area contributed by atoms with Crippen LogP contribution in [0.15, 0.2) is 35.3 Å². The van der Waals surface area contributed by atoms with Gasteiger partial charge in [0, 0.05) is 6.20 Å². The number of carbonyl (C=O) groups excluding carboxylic acids is 1. The second-order valence-corrected chi connectivity index (χ2v) is 2.48. The Kier molecular flexibility index (Phi) is 3.17. The van der Waals surface area contributed by atoms with E-state index >= 15 is 0 Å². The van der Waals surface area contributed by atoms with Crippen LogP contribution in [0.4, 0.5) is 4.39 Å². The zero-order valence-corrected chi connectivity index (χ0v) is 7.51. The second-order valence-electron chi connectivity index (χ2n) is 2.48. The van der Waals surface area contributed by atoms with Crippen molar-refractivity contribution in [2.45, 2.75) is 6.92 Å². The summed E-state index contributed by atoms with van der Waals surface area (Å²) in [6.07, 6.45) is 2.75. The summed E-state index contributed by atoms with van der Waals surface area (Å²) in [6.45, 7) is 1.59. The van der Waals surface area contributed by atoms with Gasteiger partial charge in [0.05, 0.1) is 0 Å². The molecule has 1 aromatic heterocycles. The maximum atomic E-state index is 12.7. The number of aliphatic hydroxyl groups excluding tert-OH is 1. The Bertz CT molecular complexity index is 435. The molecule has 0 bridgehead atoms. The summed E-state index contributed by atoms with van der Waals surface area (Å²) < 4.78 is 13.6. The molecule has 0 amide bonds. The van der Waals surface area contributed by atoms with Crippen LogP contribution in [0, 0.1) is 5.82 Å². The number of carbonyl (C=O) groups is 1. The molecule has 0 unspecified atom stereocenters. The fourth-order valence-electron chi connectivity index (χ4n) is 0.844. The fraction of sp³-hybridized carbons (Fsp3) is 0.111. The van der Waals surface area contributed by atoms with Gasteiger partial charge >= 0.3 is 0 Å². The van der Waals surface area contributed by atoms with E-state index in [2.05, 4.69) is 4.99 Å². The minimum Gasteiger partial charge on any atom is -0.493 e. The maximum Gasteiger partial charge on any atom is 0.219 e. The lowest BCUT2D eigenvalue weighted by Gasteiger charge is -1.97. The molecule has 1 heterocycles. The highest BCUT2D eigenvalue weighted by Crippen LogP contribution is 1.91. The largest absolute Gasteiger partial charge is 0.493 e. The van der Waals surface area contributed by atoms with E-state index < -0.39 is 5.82 Å². The Balaban J connectivity index is 3.34.